The number of aromatic hydroxyl groups is 1. The number of hydrogen-bond donors (Lipinski definition) is 1. The van der Waals surface area contributed by atoms with Crippen molar-refractivity contribution in [1.29, 1.82) is 0 Å². The number of ether oxygens (including phenoxy) is 2. The number of hydrogen-bond acceptors (Lipinski definition) is 3. The van der Waals surface area contributed by atoms with Crippen LogP contribution in [0.4, 0.5) is 0 Å². The maximum Gasteiger partial charge on any atom is 0.130 e. The molecule has 0 saturated carbocycles. The van der Waals surface area contributed by atoms with E-state index in [9.17, 15) is 5.11 Å². The second-order valence-electron chi connectivity index (χ2n) is 4.68. The fourth-order valence-corrected chi connectivity index (χ4v) is 2.53. The molecule has 3 rings (SSSR count). The average Bonchev–Trinajstić information content (AvgIpc) is 2.46. The smallest absolute Gasteiger partial charge is 0.130 e. The Hall–Kier alpha value is -2.16. The first-order chi connectivity index (χ1) is 9.28. The lowest BCUT2D eigenvalue weighted by Crippen LogP contribution is -2.15. The molecule has 1 aliphatic heterocycles. The Morgan fingerprint density at radius 3 is 2.74 bits per heavy atom. The summed E-state index contributed by atoms with van der Waals surface area (Å²) in [6.45, 7) is 0. The molecule has 3 heteroatoms. The van der Waals surface area contributed by atoms with Crippen LogP contribution in [0, 0.1) is 0 Å². The van der Waals surface area contributed by atoms with Crippen molar-refractivity contribution in [3.8, 4) is 17.2 Å². The predicted octanol–water partition coefficient (Wildman–Crippen LogP) is 3.47. The summed E-state index contributed by atoms with van der Waals surface area (Å²) in [5, 5.41) is 9.70. The molecule has 1 N–H and O–H groups in total. The normalized spacial score (nSPS) is 17.4. The van der Waals surface area contributed by atoms with Crippen molar-refractivity contribution in [2.45, 2.75) is 18.9 Å². The minimum atomic E-state index is 0.0419. The molecule has 98 valence electrons. The lowest BCUT2D eigenvalue weighted by molar-refractivity contribution is 0.173. The Bertz CT molecular complexity index is 578. The molecular weight excluding hydrogens is 240 g/mol. The Morgan fingerprint density at radius 2 is 2.00 bits per heavy atom. The zero-order chi connectivity index (χ0) is 13.2. The molecule has 0 bridgehead atoms. The highest BCUT2D eigenvalue weighted by Gasteiger charge is 2.24. The summed E-state index contributed by atoms with van der Waals surface area (Å²) in [6, 6.07) is 13.4. The van der Waals surface area contributed by atoms with Crippen LogP contribution < -0.4 is 9.47 Å². The lowest BCUT2D eigenvalue weighted by atomic mass is 9.96. The minimum absolute atomic E-state index is 0.0419. The Kier molecular flexibility index (Phi) is 3.03. The molecule has 0 unspecified atom stereocenters. The highest BCUT2D eigenvalue weighted by atomic mass is 16.5. The van der Waals surface area contributed by atoms with Crippen molar-refractivity contribution in [1.82, 2.24) is 0 Å². The molecule has 0 fully saturated rings. The van der Waals surface area contributed by atoms with Crippen LogP contribution in [-0.4, -0.2) is 12.2 Å². The van der Waals surface area contributed by atoms with E-state index in [1.807, 2.05) is 18.2 Å². The molecule has 1 heterocycles. The Labute approximate surface area is 112 Å². The van der Waals surface area contributed by atoms with E-state index in [4.69, 9.17) is 9.47 Å². The Morgan fingerprint density at radius 1 is 1.21 bits per heavy atom. The number of methoxy groups -OCH3 is 1. The molecule has 1 aliphatic rings. The maximum absolute atomic E-state index is 9.70. The third-order valence-corrected chi connectivity index (χ3v) is 3.47. The predicted molar refractivity (Wildman–Crippen MR) is 72.8 cm³/mol. The summed E-state index contributed by atoms with van der Waals surface area (Å²) >= 11 is 0. The highest BCUT2D eigenvalue weighted by Crippen LogP contribution is 2.41. The van der Waals surface area contributed by atoms with Gasteiger partial charge in [-0.3, -0.25) is 0 Å². The lowest BCUT2D eigenvalue weighted by Gasteiger charge is -2.27. The monoisotopic (exact) mass is 256 g/mol. The zero-order valence-corrected chi connectivity index (χ0v) is 10.8. The van der Waals surface area contributed by atoms with Gasteiger partial charge in [0.25, 0.3) is 0 Å². The summed E-state index contributed by atoms with van der Waals surface area (Å²) in [5.41, 5.74) is 2.20. The average molecular weight is 256 g/mol. The summed E-state index contributed by atoms with van der Waals surface area (Å²) in [5.74, 6) is 1.59. The van der Waals surface area contributed by atoms with Crippen molar-refractivity contribution < 1.29 is 14.6 Å². The van der Waals surface area contributed by atoms with Gasteiger partial charge in [0.2, 0.25) is 0 Å². The number of phenolic OH excluding ortho intramolecular Hbond substituents is 1. The molecule has 0 amide bonds. The van der Waals surface area contributed by atoms with E-state index < -0.39 is 0 Å². The molecule has 0 aromatic heterocycles. The van der Waals surface area contributed by atoms with Crippen LogP contribution in [0.25, 0.3) is 0 Å². The molecule has 1 atom stereocenters. The highest BCUT2D eigenvalue weighted by molar-refractivity contribution is 5.51. The number of phenols is 1. The van der Waals surface area contributed by atoms with Crippen molar-refractivity contribution in [2.24, 2.45) is 0 Å². The van der Waals surface area contributed by atoms with Gasteiger partial charge in [-0.15, -0.1) is 0 Å². The van der Waals surface area contributed by atoms with Crippen molar-refractivity contribution >= 4 is 0 Å². The van der Waals surface area contributed by atoms with E-state index in [-0.39, 0.29) is 11.9 Å². The molecule has 19 heavy (non-hydrogen) atoms. The molecular formula is C16H16O3. The van der Waals surface area contributed by atoms with Crippen LogP contribution in [-0.2, 0) is 6.42 Å². The molecule has 2 aromatic carbocycles. The first-order valence-corrected chi connectivity index (χ1v) is 6.39. The molecule has 0 spiro atoms. The van der Waals surface area contributed by atoms with E-state index in [2.05, 4.69) is 12.1 Å². The van der Waals surface area contributed by atoms with E-state index in [1.54, 1.807) is 19.2 Å². The first-order valence-electron chi connectivity index (χ1n) is 6.39. The molecule has 0 radical (unpaired) electrons. The summed E-state index contributed by atoms with van der Waals surface area (Å²) in [6.07, 6.45) is 1.84. The van der Waals surface area contributed by atoms with Crippen LogP contribution in [0.1, 0.15) is 23.7 Å². The van der Waals surface area contributed by atoms with E-state index in [1.165, 1.54) is 0 Å². The van der Waals surface area contributed by atoms with Crippen molar-refractivity contribution in [2.75, 3.05) is 7.11 Å². The molecule has 0 aliphatic carbocycles. The number of fused-ring (bicyclic) bond motifs is 1. The third-order valence-electron chi connectivity index (χ3n) is 3.47. The van der Waals surface area contributed by atoms with E-state index in [0.29, 0.717) is 5.75 Å². The van der Waals surface area contributed by atoms with Gasteiger partial charge in [0.15, 0.2) is 0 Å². The van der Waals surface area contributed by atoms with Gasteiger partial charge in [-0.05, 0) is 18.4 Å². The Balaban J connectivity index is 1.94. The van der Waals surface area contributed by atoms with Crippen LogP contribution in [0.2, 0.25) is 0 Å². The number of rotatable bonds is 2. The topological polar surface area (TPSA) is 38.7 Å². The second kappa shape index (κ2) is 4.84. The summed E-state index contributed by atoms with van der Waals surface area (Å²) < 4.78 is 11.3. The van der Waals surface area contributed by atoms with Crippen LogP contribution in [0.5, 0.6) is 17.2 Å². The molecule has 2 aromatic rings. The van der Waals surface area contributed by atoms with E-state index in [0.717, 1.165) is 29.7 Å². The van der Waals surface area contributed by atoms with Crippen LogP contribution in [0.3, 0.4) is 0 Å². The maximum atomic E-state index is 9.70. The van der Waals surface area contributed by atoms with Gasteiger partial charge in [0.05, 0.1) is 7.11 Å². The first kappa shape index (κ1) is 11.9. The SMILES string of the molecule is COc1cc(O)cc2c1CC[C@H](c1ccccc1)O2. The van der Waals surface area contributed by atoms with Gasteiger partial charge < -0.3 is 14.6 Å². The largest absolute Gasteiger partial charge is 0.508 e. The van der Waals surface area contributed by atoms with Gasteiger partial charge in [-0.1, -0.05) is 30.3 Å². The molecule has 0 saturated heterocycles. The van der Waals surface area contributed by atoms with Gasteiger partial charge in [-0.2, -0.15) is 0 Å². The van der Waals surface area contributed by atoms with Crippen molar-refractivity contribution in [3.05, 3.63) is 53.6 Å². The standard InChI is InChI=1S/C16H16O3/c1-18-15-9-12(17)10-16-13(15)7-8-14(19-16)11-5-3-2-4-6-11/h2-6,9-10,14,17H,7-8H2,1H3/t14-/m1/s1. The van der Waals surface area contributed by atoms with Gasteiger partial charge in [0, 0.05) is 17.7 Å². The van der Waals surface area contributed by atoms with Gasteiger partial charge in [-0.25, -0.2) is 0 Å². The second-order valence-corrected chi connectivity index (χ2v) is 4.68. The fraction of sp³-hybridized carbons (Fsp3) is 0.250. The van der Waals surface area contributed by atoms with Crippen molar-refractivity contribution in [3.63, 3.8) is 0 Å². The van der Waals surface area contributed by atoms with Crippen LogP contribution in [0.15, 0.2) is 42.5 Å². The quantitative estimate of drug-likeness (QED) is 0.894. The summed E-state index contributed by atoms with van der Waals surface area (Å²) in [7, 11) is 1.61. The summed E-state index contributed by atoms with van der Waals surface area (Å²) in [4.78, 5) is 0. The zero-order valence-electron chi connectivity index (χ0n) is 10.8. The fourth-order valence-electron chi connectivity index (χ4n) is 2.53. The third kappa shape index (κ3) is 2.24. The molecule has 3 nitrogen and oxygen atoms in total. The minimum Gasteiger partial charge on any atom is -0.508 e. The van der Waals surface area contributed by atoms with E-state index >= 15 is 0 Å². The number of benzene rings is 2. The van der Waals surface area contributed by atoms with Gasteiger partial charge >= 0.3 is 0 Å². The van der Waals surface area contributed by atoms with Gasteiger partial charge in [0.1, 0.15) is 23.4 Å². The van der Waals surface area contributed by atoms with Crippen LogP contribution >= 0.6 is 0 Å².